The van der Waals surface area contributed by atoms with E-state index in [2.05, 4.69) is 15.4 Å². The molecular weight excluding hydrogens is 503 g/mol. The molecular formula is C25H30F3N7O3. The van der Waals surface area contributed by atoms with Gasteiger partial charge in [0.25, 0.3) is 5.91 Å². The topological polar surface area (TPSA) is 114 Å². The number of nitrogens with zero attached hydrogens (tertiary/aromatic N) is 5. The maximum Gasteiger partial charge on any atom is 0.471 e. The summed E-state index contributed by atoms with van der Waals surface area (Å²) in [4.78, 5) is 44.3. The predicted molar refractivity (Wildman–Crippen MR) is 131 cm³/mol. The molecule has 3 amide bonds. The Hall–Kier alpha value is -3.90. The van der Waals surface area contributed by atoms with Gasteiger partial charge in [-0.15, -0.1) is 0 Å². The van der Waals surface area contributed by atoms with Crippen LogP contribution in [-0.4, -0.2) is 73.1 Å². The number of likely N-dealkylation sites (tertiary alicyclic amines) is 1. The average molecular weight is 534 g/mol. The molecule has 1 fully saturated rings. The number of hydrogen-bond donors (Lipinski definition) is 2. The van der Waals surface area contributed by atoms with Crippen LogP contribution in [0.15, 0.2) is 43.2 Å². The Morgan fingerprint density at radius 3 is 2.53 bits per heavy atom. The summed E-state index contributed by atoms with van der Waals surface area (Å²) in [5.74, 6) is -3.45. The van der Waals surface area contributed by atoms with E-state index in [1.807, 2.05) is 5.32 Å². The molecule has 1 saturated heterocycles. The SMILES string of the molecule is Cn1cc([C@@H]2CCN(C(=O)c3cccn4cncc34)C[C@H]2NC(=O)[C@@H](NC(=O)C(F)(F)F)C(C)(C)C)cn1. The Bertz CT molecular complexity index is 1340. The highest BCUT2D eigenvalue weighted by atomic mass is 19.4. The Morgan fingerprint density at radius 2 is 1.89 bits per heavy atom. The van der Waals surface area contributed by atoms with Gasteiger partial charge in [0.1, 0.15) is 6.04 Å². The molecule has 1 aliphatic rings. The Kier molecular flexibility index (Phi) is 7.22. The van der Waals surface area contributed by atoms with Crippen LogP contribution in [0.3, 0.4) is 0 Å². The van der Waals surface area contributed by atoms with Crippen LogP contribution in [0.25, 0.3) is 5.52 Å². The van der Waals surface area contributed by atoms with E-state index in [9.17, 15) is 27.6 Å². The number of halogens is 3. The zero-order valence-corrected chi connectivity index (χ0v) is 21.5. The highest BCUT2D eigenvalue weighted by Crippen LogP contribution is 2.30. The summed E-state index contributed by atoms with van der Waals surface area (Å²) in [6, 6.07) is 1.34. The molecule has 3 atom stereocenters. The number of nitrogens with one attached hydrogen (secondary N) is 2. The number of rotatable bonds is 5. The van der Waals surface area contributed by atoms with E-state index in [4.69, 9.17) is 0 Å². The molecule has 3 aromatic heterocycles. The lowest BCUT2D eigenvalue weighted by Gasteiger charge is -2.40. The molecule has 3 aromatic rings. The Balaban J connectivity index is 1.60. The van der Waals surface area contributed by atoms with Crippen LogP contribution in [0.5, 0.6) is 0 Å². The van der Waals surface area contributed by atoms with Crippen LogP contribution in [-0.2, 0) is 16.6 Å². The minimum Gasteiger partial charge on any atom is -0.349 e. The fraction of sp³-hybridized carbons (Fsp3) is 0.480. The lowest BCUT2D eigenvalue weighted by atomic mass is 9.83. The van der Waals surface area contributed by atoms with Crippen molar-refractivity contribution >= 4 is 23.2 Å². The summed E-state index contributed by atoms with van der Waals surface area (Å²) < 4.78 is 42.3. The number of carbonyl (C=O) groups is 3. The zero-order valence-electron chi connectivity index (χ0n) is 21.5. The molecule has 38 heavy (non-hydrogen) atoms. The van der Waals surface area contributed by atoms with Crippen LogP contribution in [0.1, 0.15) is 49.0 Å². The highest BCUT2D eigenvalue weighted by Gasteiger charge is 2.44. The van der Waals surface area contributed by atoms with Crippen molar-refractivity contribution in [2.45, 2.75) is 51.4 Å². The number of fused-ring (bicyclic) bond motifs is 1. The number of aryl methyl sites for hydroxylation is 1. The minimum atomic E-state index is -5.13. The van der Waals surface area contributed by atoms with Crippen molar-refractivity contribution in [2.75, 3.05) is 13.1 Å². The van der Waals surface area contributed by atoms with Crippen molar-refractivity contribution < 1.29 is 27.6 Å². The van der Waals surface area contributed by atoms with Gasteiger partial charge in [0.15, 0.2) is 0 Å². The zero-order chi connectivity index (χ0) is 27.8. The number of aromatic nitrogens is 4. The maximum absolute atomic E-state index is 13.5. The van der Waals surface area contributed by atoms with Gasteiger partial charge in [-0.3, -0.25) is 19.1 Å². The number of imidazole rings is 1. The summed E-state index contributed by atoms with van der Waals surface area (Å²) in [7, 11) is 1.75. The van der Waals surface area contributed by atoms with E-state index in [1.54, 1.807) is 85.0 Å². The van der Waals surface area contributed by atoms with Gasteiger partial charge in [0.05, 0.1) is 35.8 Å². The molecule has 0 spiro atoms. The van der Waals surface area contributed by atoms with Crippen molar-refractivity contribution in [3.8, 4) is 0 Å². The van der Waals surface area contributed by atoms with Gasteiger partial charge in [0.2, 0.25) is 5.91 Å². The number of hydrogen-bond acceptors (Lipinski definition) is 5. The molecule has 0 bridgehead atoms. The molecule has 13 heteroatoms. The molecule has 0 aromatic carbocycles. The molecule has 4 heterocycles. The van der Waals surface area contributed by atoms with E-state index in [1.165, 1.54) is 0 Å². The van der Waals surface area contributed by atoms with Crippen molar-refractivity contribution in [1.29, 1.82) is 0 Å². The standard InChI is InChI=1S/C25H30F3N7O3/c1-24(2,3)20(32-23(38)25(26,27)28)21(36)31-18-13-34(9-7-16(18)15-10-30-33(4)12-15)22(37)17-6-5-8-35-14-29-11-19(17)35/h5-6,8,10-12,14,16,18,20H,7,9,13H2,1-4H3,(H,31,36)(H,32,38)/t16-,18+,20+/m0/s1. The quantitative estimate of drug-likeness (QED) is 0.523. The van der Waals surface area contributed by atoms with Gasteiger partial charge in [-0.2, -0.15) is 18.3 Å². The van der Waals surface area contributed by atoms with Crippen LogP contribution >= 0.6 is 0 Å². The lowest BCUT2D eigenvalue weighted by molar-refractivity contribution is -0.175. The molecule has 0 saturated carbocycles. The molecule has 1 aliphatic heterocycles. The van der Waals surface area contributed by atoms with Crippen LogP contribution in [0.4, 0.5) is 13.2 Å². The molecule has 0 radical (unpaired) electrons. The van der Waals surface area contributed by atoms with E-state index in [0.29, 0.717) is 24.0 Å². The monoisotopic (exact) mass is 533 g/mol. The lowest BCUT2D eigenvalue weighted by Crippen LogP contribution is -2.60. The van der Waals surface area contributed by atoms with E-state index >= 15 is 0 Å². The largest absolute Gasteiger partial charge is 0.471 e. The molecule has 4 rings (SSSR count). The summed E-state index contributed by atoms with van der Waals surface area (Å²) in [5.41, 5.74) is 0.890. The molecule has 10 nitrogen and oxygen atoms in total. The average Bonchev–Trinajstić information content (AvgIpc) is 3.49. The first kappa shape index (κ1) is 27.1. The smallest absolute Gasteiger partial charge is 0.349 e. The second kappa shape index (κ2) is 10.1. The normalized spacial score (nSPS) is 19.3. The summed E-state index contributed by atoms with van der Waals surface area (Å²) in [6.07, 6.45) is 3.78. The summed E-state index contributed by atoms with van der Waals surface area (Å²) in [6.45, 7) is 5.21. The first-order chi connectivity index (χ1) is 17.8. The van der Waals surface area contributed by atoms with Crippen molar-refractivity contribution in [3.63, 3.8) is 0 Å². The highest BCUT2D eigenvalue weighted by molar-refractivity contribution is 6.00. The van der Waals surface area contributed by atoms with Crippen molar-refractivity contribution in [3.05, 3.63) is 54.4 Å². The molecule has 0 unspecified atom stereocenters. The van der Waals surface area contributed by atoms with Gasteiger partial charge < -0.3 is 19.9 Å². The van der Waals surface area contributed by atoms with Crippen LogP contribution < -0.4 is 10.6 Å². The van der Waals surface area contributed by atoms with Crippen molar-refractivity contribution in [2.24, 2.45) is 12.5 Å². The first-order valence-corrected chi connectivity index (χ1v) is 12.1. The second-order valence-electron chi connectivity index (χ2n) is 10.6. The van der Waals surface area contributed by atoms with E-state index in [-0.39, 0.29) is 18.4 Å². The fourth-order valence-electron chi connectivity index (χ4n) is 4.77. The maximum atomic E-state index is 13.5. The Labute approximate surface area is 217 Å². The van der Waals surface area contributed by atoms with Gasteiger partial charge in [-0.25, -0.2) is 4.98 Å². The van der Waals surface area contributed by atoms with Crippen LogP contribution in [0, 0.1) is 5.41 Å². The molecule has 2 N–H and O–H groups in total. The van der Waals surface area contributed by atoms with Crippen molar-refractivity contribution in [1.82, 2.24) is 34.7 Å². The number of carbonyl (C=O) groups excluding carboxylic acids is 3. The third-order valence-electron chi connectivity index (χ3n) is 6.72. The number of amides is 3. The minimum absolute atomic E-state index is 0.114. The number of piperidine rings is 1. The third kappa shape index (κ3) is 5.65. The molecule has 0 aliphatic carbocycles. The third-order valence-corrected chi connectivity index (χ3v) is 6.72. The van der Waals surface area contributed by atoms with Gasteiger partial charge in [0, 0.05) is 38.4 Å². The number of alkyl halides is 3. The summed E-state index contributed by atoms with van der Waals surface area (Å²) >= 11 is 0. The Morgan fingerprint density at radius 1 is 1.16 bits per heavy atom. The second-order valence-corrected chi connectivity index (χ2v) is 10.6. The molecule has 204 valence electrons. The van der Waals surface area contributed by atoms with Gasteiger partial charge >= 0.3 is 12.1 Å². The number of pyridine rings is 1. The first-order valence-electron chi connectivity index (χ1n) is 12.1. The summed E-state index contributed by atoms with van der Waals surface area (Å²) in [5, 5.41) is 8.89. The predicted octanol–water partition coefficient (Wildman–Crippen LogP) is 2.28. The van der Waals surface area contributed by atoms with Crippen LogP contribution in [0.2, 0.25) is 0 Å². The van der Waals surface area contributed by atoms with Gasteiger partial charge in [-0.05, 0) is 29.5 Å². The van der Waals surface area contributed by atoms with Gasteiger partial charge in [-0.1, -0.05) is 20.8 Å². The fourth-order valence-corrected chi connectivity index (χ4v) is 4.77. The van der Waals surface area contributed by atoms with E-state index < -0.39 is 35.5 Å². The van der Waals surface area contributed by atoms with E-state index in [0.717, 1.165) is 5.56 Å².